The van der Waals surface area contributed by atoms with E-state index in [4.69, 9.17) is 9.47 Å². The number of likely N-dealkylation sites (tertiary alicyclic amines) is 1. The topological polar surface area (TPSA) is 97.8 Å². The number of nitrogens with zero attached hydrogens (tertiary/aromatic N) is 2. The van der Waals surface area contributed by atoms with E-state index in [0.717, 1.165) is 35.2 Å². The Hall–Kier alpha value is -4.20. The zero-order valence-electron chi connectivity index (χ0n) is 22.3. The molecule has 3 aliphatic rings. The van der Waals surface area contributed by atoms with Crippen LogP contribution in [0.15, 0.2) is 66.9 Å². The fraction of sp³-hybridized carbons (Fsp3) is 0.355. The monoisotopic (exact) mass is 525 g/mol. The van der Waals surface area contributed by atoms with Gasteiger partial charge in [0.25, 0.3) is 0 Å². The van der Waals surface area contributed by atoms with E-state index >= 15 is 0 Å². The summed E-state index contributed by atoms with van der Waals surface area (Å²) in [6.45, 7) is 6.38. The third-order valence-electron chi connectivity index (χ3n) is 7.75. The average molecular weight is 526 g/mol. The summed E-state index contributed by atoms with van der Waals surface area (Å²) in [5.74, 6) is -0.235. The Kier molecular flexibility index (Phi) is 5.75. The van der Waals surface area contributed by atoms with E-state index in [1.54, 1.807) is 24.4 Å². The number of amides is 2. The van der Waals surface area contributed by atoms with E-state index in [0.29, 0.717) is 30.8 Å². The maximum atomic E-state index is 13.7. The molecule has 8 heteroatoms. The number of carbonyl (C=O) groups is 3. The van der Waals surface area contributed by atoms with Crippen LogP contribution in [-0.2, 0) is 25.3 Å². The number of anilines is 1. The van der Waals surface area contributed by atoms with Crippen LogP contribution in [0.4, 0.5) is 10.5 Å². The zero-order chi connectivity index (χ0) is 27.4. The number of hydrogen-bond donors (Lipinski definition) is 1. The molecule has 2 aliphatic heterocycles. The van der Waals surface area contributed by atoms with Gasteiger partial charge in [-0.05, 0) is 63.4 Å². The van der Waals surface area contributed by atoms with E-state index in [-0.39, 0.29) is 11.9 Å². The molecule has 6 rings (SSSR count). The van der Waals surface area contributed by atoms with Crippen molar-refractivity contribution >= 4 is 23.7 Å². The smallest absolute Gasteiger partial charge is 0.412 e. The predicted octanol–water partition coefficient (Wildman–Crippen LogP) is 5.43. The first-order valence-electron chi connectivity index (χ1n) is 13.3. The van der Waals surface area contributed by atoms with Gasteiger partial charge in [-0.15, -0.1) is 0 Å². The largest absolute Gasteiger partial charge is 0.449 e. The van der Waals surface area contributed by atoms with E-state index in [1.807, 2.05) is 68.1 Å². The number of hydrogen-bond acceptors (Lipinski definition) is 6. The zero-order valence-corrected chi connectivity index (χ0v) is 22.3. The van der Waals surface area contributed by atoms with Gasteiger partial charge in [0.2, 0.25) is 5.91 Å². The molecular weight excluding hydrogens is 494 g/mol. The van der Waals surface area contributed by atoms with E-state index < -0.39 is 22.7 Å². The van der Waals surface area contributed by atoms with Crippen molar-refractivity contribution < 1.29 is 23.9 Å². The SMILES string of the molecule is CC(C)(C)OC(=O)Nc1ccc(-c2ccc(C3(C(=O)N4CC[C@@]5(C4)OC(=O)c4ccccc45)CC3)cn2)cc1. The van der Waals surface area contributed by atoms with Crippen LogP contribution in [0, 0.1) is 0 Å². The second-order valence-electron chi connectivity index (χ2n) is 11.6. The van der Waals surface area contributed by atoms with Gasteiger partial charge >= 0.3 is 12.1 Å². The lowest BCUT2D eigenvalue weighted by Crippen LogP contribution is -2.40. The van der Waals surface area contributed by atoms with E-state index in [1.165, 1.54) is 0 Å². The molecule has 0 bridgehead atoms. The molecule has 200 valence electrons. The van der Waals surface area contributed by atoms with Gasteiger partial charge in [0.1, 0.15) is 5.60 Å². The molecule has 1 aromatic heterocycles. The lowest BCUT2D eigenvalue weighted by atomic mass is 9.91. The molecular formula is C31H31N3O5. The van der Waals surface area contributed by atoms with Crippen LogP contribution in [0.3, 0.4) is 0 Å². The van der Waals surface area contributed by atoms with Gasteiger partial charge in [0.05, 0.1) is 23.2 Å². The quantitative estimate of drug-likeness (QED) is 0.457. The molecule has 0 unspecified atom stereocenters. The Morgan fingerprint density at radius 2 is 1.74 bits per heavy atom. The van der Waals surface area contributed by atoms with Crippen molar-refractivity contribution in [2.24, 2.45) is 0 Å². The van der Waals surface area contributed by atoms with Crippen molar-refractivity contribution in [3.8, 4) is 11.3 Å². The highest BCUT2D eigenvalue weighted by molar-refractivity contribution is 5.96. The Bertz CT molecular complexity index is 1450. The molecule has 1 N–H and O–H groups in total. The Morgan fingerprint density at radius 1 is 1.00 bits per heavy atom. The minimum atomic E-state index is -0.744. The molecule has 2 aromatic carbocycles. The van der Waals surface area contributed by atoms with Crippen LogP contribution in [-0.4, -0.2) is 46.5 Å². The molecule has 3 heterocycles. The maximum Gasteiger partial charge on any atom is 0.412 e. The number of benzene rings is 2. The van der Waals surface area contributed by atoms with Crippen molar-refractivity contribution in [1.29, 1.82) is 0 Å². The Morgan fingerprint density at radius 3 is 2.41 bits per heavy atom. The summed E-state index contributed by atoms with van der Waals surface area (Å²) in [7, 11) is 0. The van der Waals surface area contributed by atoms with Crippen LogP contribution in [0.1, 0.15) is 61.5 Å². The average Bonchev–Trinajstić information content (AvgIpc) is 3.54. The number of fused-ring (bicyclic) bond motifs is 2. The highest BCUT2D eigenvalue weighted by Crippen LogP contribution is 2.52. The lowest BCUT2D eigenvalue weighted by molar-refractivity contribution is -0.134. The number of esters is 1. The van der Waals surface area contributed by atoms with Crippen LogP contribution < -0.4 is 5.32 Å². The van der Waals surface area contributed by atoms with Crippen molar-refractivity contribution in [3.05, 3.63) is 83.6 Å². The molecule has 39 heavy (non-hydrogen) atoms. The summed E-state index contributed by atoms with van der Waals surface area (Å²) in [5, 5.41) is 2.73. The van der Waals surface area contributed by atoms with Crippen LogP contribution in [0.5, 0.6) is 0 Å². The van der Waals surface area contributed by atoms with Gasteiger partial charge in [0.15, 0.2) is 5.60 Å². The number of ether oxygens (including phenoxy) is 2. The van der Waals surface area contributed by atoms with Gasteiger partial charge in [-0.1, -0.05) is 36.4 Å². The highest BCUT2D eigenvalue weighted by Gasteiger charge is 2.57. The van der Waals surface area contributed by atoms with Crippen LogP contribution in [0.2, 0.25) is 0 Å². The lowest BCUT2D eigenvalue weighted by Gasteiger charge is -2.26. The summed E-state index contributed by atoms with van der Waals surface area (Å²) in [6.07, 6.45) is 3.45. The van der Waals surface area contributed by atoms with Crippen LogP contribution >= 0.6 is 0 Å². The molecule has 0 radical (unpaired) electrons. The highest BCUT2D eigenvalue weighted by atomic mass is 16.6. The summed E-state index contributed by atoms with van der Waals surface area (Å²) in [6, 6.07) is 18.8. The van der Waals surface area contributed by atoms with Gasteiger partial charge in [-0.3, -0.25) is 15.1 Å². The fourth-order valence-electron chi connectivity index (χ4n) is 5.65. The van der Waals surface area contributed by atoms with Gasteiger partial charge in [-0.25, -0.2) is 9.59 Å². The molecule has 3 aromatic rings. The molecule has 8 nitrogen and oxygen atoms in total. The minimum Gasteiger partial charge on any atom is -0.449 e. The maximum absolute atomic E-state index is 13.7. The Labute approximate surface area is 227 Å². The number of nitrogens with one attached hydrogen (secondary N) is 1. The number of carbonyl (C=O) groups excluding carboxylic acids is 3. The van der Waals surface area contributed by atoms with Crippen molar-refractivity contribution in [2.45, 2.75) is 56.7 Å². The first-order valence-corrected chi connectivity index (χ1v) is 13.3. The Balaban J connectivity index is 1.14. The van der Waals surface area contributed by atoms with Gasteiger partial charge in [0, 0.05) is 36.0 Å². The predicted molar refractivity (Wildman–Crippen MR) is 145 cm³/mol. The number of rotatable bonds is 4. The van der Waals surface area contributed by atoms with Crippen molar-refractivity contribution in [2.75, 3.05) is 18.4 Å². The van der Waals surface area contributed by atoms with Gasteiger partial charge in [-0.2, -0.15) is 0 Å². The second kappa shape index (κ2) is 8.93. The summed E-state index contributed by atoms with van der Waals surface area (Å²) >= 11 is 0. The summed E-state index contributed by atoms with van der Waals surface area (Å²) < 4.78 is 11.1. The molecule has 2 amide bonds. The third-order valence-corrected chi connectivity index (χ3v) is 7.75. The minimum absolute atomic E-state index is 0.0759. The summed E-state index contributed by atoms with van der Waals surface area (Å²) in [4.78, 5) is 44.7. The van der Waals surface area contributed by atoms with E-state index in [2.05, 4.69) is 10.3 Å². The third kappa shape index (κ3) is 4.54. The molecule has 1 saturated carbocycles. The molecule has 2 fully saturated rings. The molecule has 1 spiro atoms. The number of aromatic nitrogens is 1. The fourth-order valence-corrected chi connectivity index (χ4v) is 5.65. The first kappa shape index (κ1) is 25.1. The summed E-state index contributed by atoms with van der Waals surface area (Å²) in [5.41, 5.74) is 2.81. The van der Waals surface area contributed by atoms with Crippen molar-refractivity contribution in [1.82, 2.24) is 9.88 Å². The van der Waals surface area contributed by atoms with Crippen molar-refractivity contribution in [3.63, 3.8) is 0 Å². The molecule has 1 atom stereocenters. The van der Waals surface area contributed by atoms with Crippen LogP contribution in [0.25, 0.3) is 11.3 Å². The number of pyridine rings is 1. The second-order valence-corrected chi connectivity index (χ2v) is 11.6. The molecule has 1 aliphatic carbocycles. The molecule has 1 saturated heterocycles. The van der Waals surface area contributed by atoms with E-state index in [9.17, 15) is 14.4 Å². The van der Waals surface area contributed by atoms with Gasteiger partial charge < -0.3 is 14.4 Å². The normalized spacial score (nSPS) is 20.9. The first-order chi connectivity index (χ1) is 18.6. The standard InChI is InChI=1S/C31H31N3O5/c1-29(2,3)39-28(37)33-22-11-8-20(9-12-22)25-13-10-21(18-32-25)30(14-15-30)27(36)34-17-16-31(19-34)24-7-5-4-6-23(24)26(35)38-31/h4-13,18H,14-17,19H2,1-3H3,(H,33,37)/t31-/m0/s1.